The summed E-state index contributed by atoms with van der Waals surface area (Å²) in [7, 11) is 1.74. The van der Waals surface area contributed by atoms with E-state index in [2.05, 4.69) is 17.3 Å². The van der Waals surface area contributed by atoms with Crippen molar-refractivity contribution in [1.29, 1.82) is 0 Å². The van der Waals surface area contributed by atoms with Crippen LogP contribution in [0.3, 0.4) is 0 Å². The molecule has 0 spiro atoms. The van der Waals surface area contributed by atoms with Crippen LogP contribution in [-0.4, -0.2) is 34.9 Å². The molecule has 1 aromatic rings. The van der Waals surface area contributed by atoms with Crippen LogP contribution in [0.5, 0.6) is 0 Å². The second-order valence-corrected chi connectivity index (χ2v) is 6.02. The molecule has 0 radical (unpaired) electrons. The minimum Gasteiger partial charge on any atom is -0.376 e. The normalized spacial score (nSPS) is 17.1. The summed E-state index contributed by atoms with van der Waals surface area (Å²) in [6, 6.07) is 0. The quantitative estimate of drug-likeness (QED) is 0.841. The zero-order valence-electron chi connectivity index (χ0n) is 13.4. The SMILES string of the molecule is CCCCn1cc(C(=O)NCC2(OC)CCCC2)c(C)n1. The first-order chi connectivity index (χ1) is 10.1. The Bertz CT molecular complexity index is 476. The smallest absolute Gasteiger partial charge is 0.254 e. The average Bonchev–Trinajstić information content (AvgIpc) is 3.10. The van der Waals surface area contributed by atoms with E-state index in [1.54, 1.807) is 7.11 Å². The fourth-order valence-corrected chi connectivity index (χ4v) is 2.98. The number of aromatic nitrogens is 2. The van der Waals surface area contributed by atoms with Crippen LogP contribution in [-0.2, 0) is 11.3 Å². The molecule has 1 fully saturated rings. The Balaban J connectivity index is 1.95. The number of nitrogens with zero attached hydrogens (tertiary/aromatic N) is 2. The molecular weight excluding hydrogens is 266 g/mol. The van der Waals surface area contributed by atoms with Gasteiger partial charge in [0.25, 0.3) is 5.91 Å². The van der Waals surface area contributed by atoms with E-state index < -0.39 is 0 Å². The summed E-state index contributed by atoms with van der Waals surface area (Å²) < 4.78 is 7.51. The first kappa shape index (κ1) is 16.0. The highest BCUT2D eigenvalue weighted by Crippen LogP contribution is 2.32. The van der Waals surface area contributed by atoms with E-state index in [4.69, 9.17) is 4.74 Å². The number of rotatable bonds is 7. The van der Waals surface area contributed by atoms with E-state index in [1.165, 1.54) is 12.8 Å². The Hall–Kier alpha value is -1.36. The van der Waals surface area contributed by atoms with Gasteiger partial charge in [0.05, 0.1) is 16.9 Å². The number of nitrogens with one attached hydrogen (secondary N) is 1. The Labute approximate surface area is 127 Å². The molecule has 0 unspecified atom stereocenters. The van der Waals surface area contributed by atoms with Crippen LogP contribution in [0.4, 0.5) is 0 Å². The van der Waals surface area contributed by atoms with Crippen LogP contribution in [0.25, 0.3) is 0 Å². The van der Waals surface area contributed by atoms with Crippen molar-refractivity contribution in [2.24, 2.45) is 0 Å². The van der Waals surface area contributed by atoms with Crippen LogP contribution in [0.15, 0.2) is 6.20 Å². The van der Waals surface area contributed by atoms with Crippen molar-refractivity contribution in [3.8, 4) is 0 Å². The fraction of sp³-hybridized carbons (Fsp3) is 0.750. The Morgan fingerprint density at radius 2 is 2.19 bits per heavy atom. The summed E-state index contributed by atoms with van der Waals surface area (Å²) in [5.74, 6) is -0.0430. The van der Waals surface area contributed by atoms with Crippen molar-refractivity contribution >= 4 is 5.91 Å². The van der Waals surface area contributed by atoms with Gasteiger partial charge in [-0.1, -0.05) is 26.2 Å². The molecule has 2 rings (SSSR count). The molecule has 0 saturated heterocycles. The van der Waals surface area contributed by atoms with Gasteiger partial charge in [-0.15, -0.1) is 0 Å². The Morgan fingerprint density at radius 1 is 1.48 bits per heavy atom. The lowest BCUT2D eigenvalue weighted by atomic mass is 10.0. The Kier molecular flexibility index (Phi) is 5.39. The maximum Gasteiger partial charge on any atom is 0.254 e. The van der Waals surface area contributed by atoms with Gasteiger partial charge in [0.2, 0.25) is 0 Å². The summed E-state index contributed by atoms with van der Waals surface area (Å²) in [6.07, 6.45) is 8.46. The second kappa shape index (κ2) is 7.07. The minimum absolute atomic E-state index is 0.0430. The molecule has 21 heavy (non-hydrogen) atoms. The van der Waals surface area contributed by atoms with E-state index in [1.807, 2.05) is 17.8 Å². The molecule has 5 nitrogen and oxygen atoms in total. The molecule has 0 atom stereocenters. The van der Waals surface area contributed by atoms with Gasteiger partial charge in [-0.05, 0) is 26.2 Å². The zero-order chi connectivity index (χ0) is 15.3. The number of unbranched alkanes of at least 4 members (excludes halogenated alkanes) is 1. The van der Waals surface area contributed by atoms with Crippen LogP contribution >= 0.6 is 0 Å². The molecule has 1 aliphatic carbocycles. The molecule has 1 saturated carbocycles. The van der Waals surface area contributed by atoms with Crippen molar-refractivity contribution in [2.75, 3.05) is 13.7 Å². The van der Waals surface area contributed by atoms with E-state index in [9.17, 15) is 4.79 Å². The number of ether oxygens (including phenoxy) is 1. The molecule has 0 bridgehead atoms. The molecule has 1 N–H and O–H groups in total. The van der Waals surface area contributed by atoms with Crippen LogP contribution in [0.1, 0.15) is 61.5 Å². The lowest BCUT2D eigenvalue weighted by Gasteiger charge is -2.27. The highest BCUT2D eigenvalue weighted by Gasteiger charge is 2.34. The van der Waals surface area contributed by atoms with E-state index in [0.29, 0.717) is 12.1 Å². The van der Waals surface area contributed by atoms with Gasteiger partial charge in [0.15, 0.2) is 0 Å². The molecule has 1 amide bonds. The van der Waals surface area contributed by atoms with Crippen molar-refractivity contribution in [3.63, 3.8) is 0 Å². The molecule has 0 aliphatic heterocycles. The molecular formula is C16H27N3O2. The predicted octanol–water partition coefficient (Wildman–Crippen LogP) is 2.68. The maximum atomic E-state index is 12.3. The van der Waals surface area contributed by atoms with Crippen LogP contribution < -0.4 is 5.32 Å². The number of hydrogen-bond acceptors (Lipinski definition) is 3. The number of methoxy groups -OCH3 is 1. The summed E-state index contributed by atoms with van der Waals surface area (Å²) >= 11 is 0. The number of amides is 1. The van der Waals surface area contributed by atoms with Gasteiger partial charge in [0.1, 0.15) is 0 Å². The number of carbonyl (C=O) groups excluding carboxylic acids is 1. The third-order valence-electron chi connectivity index (χ3n) is 4.45. The summed E-state index contributed by atoms with van der Waals surface area (Å²) in [4.78, 5) is 12.3. The van der Waals surface area contributed by atoms with Crippen molar-refractivity contribution < 1.29 is 9.53 Å². The fourth-order valence-electron chi connectivity index (χ4n) is 2.98. The number of hydrogen-bond donors (Lipinski definition) is 1. The van der Waals surface area contributed by atoms with Gasteiger partial charge in [-0.3, -0.25) is 9.48 Å². The molecule has 118 valence electrons. The summed E-state index contributed by atoms with van der Waals surface area (Å²) in [6.45, 7) is 5.49. The number of carbonyl (C=O) groups is 1. The topological polar surface area (TPSA) is 56.2 Å². The highest BCUT2D eigenvalue weighted by atomic mass is 16.5. The molecule has 0 aromatic carbocycles. The second-order valence-electron chi connectivity index (χ2n) is 6.02. The van der Waals surface area contributed by atoms with Crippen LogP contribution in [0.2, 0.25) is 0 Å². The average molecular weight is 293 g/mol. The monoisotopic (exact) mass is 293 g/mol. The van der Waals surface area contributed by atoms with Gasteiger partial charge < -0.3 is 10.1 Å². The molecule has 1 aliphatic rings. The summed E-state index contributed by atoms with van der Waals surface area (Å²) in [5, 5.41) is 7.44. The standard InChI is InChI=1S/C16H27N3O2/c1-4-5-10-19-11-14(13(2)18-19)15(20)17-12-16(21-3)8-6-7-9-16/h11H,4-10,12H2,1-3H3,(H,17,20). The predicted molar refractivity (Wildman–Crippen MR) is 82.4 cm³/mol. The third-order valence-corrected chi connectivity index (χ3v) is 4.45. The first-order valence-corrected chi connectivity index (χ1v) is 7.97. The molecule has 1 heterocycles. The lowest BCUT2D eigenvalue weighted by molar-refractivity contribution is -0.00261. The van der Waals surface area contributed by atoms with E-state index in [0.717, 1.165) is 37.9 Å². The van der Waals surface area contributed by atoms with E-state index in [-0.39, 0.29) is 11.5 Å². The number of aryl methyl sites for hydroxylation is 2. The molecule has 1 aromatic heterocycles. The van der Waals surface area contributed by atoms with Gasteiger partial charge in [-0.2, -0.15) is 5.10 Å². The lowest BCUT2D eigenvalue weighted by Crippen LogP contribution is -2.42. The Morgan fingerprint density at radius 3 is 2.81 bits per heavy atom. The highest BCUT2D eigenvalue weighted by molar-refractivity contribution is 5.95. The van der Waals surface area contributed by atoms with Gasteiger partial charge in [-0.25, -0.2) is 0 Å². The van der Waals surface area contributed by atoms with Crippen LogP contribution in [0, 0.1) is 6.92 Å². The third kappa shape index (κ3) is 3.84. The van der Waals surface area contributed by atoms with E-state index >= 15 is 0 Å². The largest absolute Gasteiger partial charge is 0.376 e. The van der Waals surface area contributed by atoms with Crippen molar-refractivity contribution in [1.82, 2.24) is 15.1 Å². The van der Waals surface area contributed by atoms with Gasteiger partial charge in [0, 0.05) is 26.4 Å². The minimum atomic E-state index is -0.165. The van der Waals surface area contributed by atoms with Crippen molar-refractivity contribution in [2.45, 2.75) is 64.5 Å². The van der Waals surface area contributed by atoms with Crippen molar-refractivity contribution in [3.05, 3.63) is 17.5 Å². The first-order valence-electron chi connectivity index (χ1n) is 7.97. The summed E-state index contributed by atoms with van der Waals surface area (Å²) in [5.41, 5.74) is 1.30. The van der Waals surface area contributed by atoms with Gasteiger partial charge >= 0.3 is 0 Å². The maximum absolute atomic E-state index is 12.3. The molecule has 5 heteroatoms. The zero-order valence-corrected chi connectivity index (χ0v) is 13.4.